The first-order valence-electron chi connectivity index (χ1n) is 4.98. The summed E-state index contributed by atoms with van der Waals surface area (Å²) < 4.78 is 0. The van der Waals surface area contributed by atoms with E-state index in [9.17, 15) is 0 Å². The summed E-state index contributed by atoms with van der Waals surface area (Å²) in [5.74, 6) is 0.681. The molecule has 0 fully saturated rings. The van der Waals surface area contributed by atoms with E-state index in [1.807, 2.05) is 49.4 Å². The maximum atomic E-state index is 5.85. The summed E-state index contributed by atoms with van der Waals surface area (Å²) in [6.45, 7) is 1.83. The topological polar surface area (TPSA) is 25.8 Å². The number of aromatic nitrogens is 2. The van der Waals surface area contributed by atoms with Crippen LogP contribution in [0.5, 0.6) is 0 Å². The molecule has 0 aliphatic rings. The molecule has 16 heavy (non-hydrogen) atoms. The summed E-state index contributed by atoms with van der Waals surface area (Å²) in [4.78, 5) is 8.28. The van der Waals surface area contributed by atoms with Crippen LogP contribution in [0, 0.1) is 6.92 Å². The quantitative estimate of drug-likeness (QED) is 0.737. The van der Waals surface area contributed by atoms with Gasteiger partial charge >= 0.3 is 0 Å². The van der Waals surface area contributed by atoms with Crippen LogP contribution in [0.25, 0.3) is 12.2 Å². The zero-order valence-electron chi connectivity index (χ0n) is 8.89. The number of benzene rings is 1. The molecule has 0 aliphatic heterocycles. The van der Waals surface area contributed by atoms with E-state index in [-0.39, 0.29) is 0 Å². The molecule has 1 aromatic heterocycles. The van der Waals surface area contributed by atoms with Gasteiger partial charge in [-0.05, 0) is 18.6 Å². The average Bonchev–Trinajstić information content (AvgIpc) is 2.27. The third kappa shape index (κ3) is 2.91. The molecule has 2 nitrogen and oxygen atoms in total. The number of hydrogen-bond donors (Lipinski definition) is 0. The highest BCUT2D eigenvalue weighted by atomic mass is 35.5. The number of rotatable bonds is 2. The molecule has 0 spiro atoms. The normalized spacial score (nSPS) is 10.9. The van der Waals surface area contributed by atoms with Crippen LogP contribution in [0.3, 0.4) is 0 Å². The molecule has 0 saturated heterocycles. The lowest BCUT2D eigenvalue weighted by Gasteiger charge is -1.97. The van der Waals surface area contributed by atoms with Gasteiger partial charge in [-0.25, -0.2) is 9.97 Å². The molecule has 0 radical (unpaired) electrons. The molecule has 0 bridgehead atoms. The lowest BCUT2D eigenvalue weighted by Crippen LogP contribution is -1.90. The summed E-state index contributed by atoms with van der Waals surface area (Å²) in [6, 6.07) is 11.8. The SMILES string of the molecule is Cc1nc(Cl)cc(/C=C/c2ccccc2)n1. The van der Waals surface area contributed by atoms with Crippen molar-refractivity contribution in [2.45, 2.75) is 6.92 Å². The summed E-state index contributed by atoms with van der Waals surface area (Å²) in [5, 5.41) is 0.472. The predicted octanol–water partition coefficient (Wildman–Crippen LogP) is 3.61. The molecule has 2 rings (SSSR count). The molecule has 0 aliphatic carbocycles. The Bertz CT molecular complexity index is 486. The van der Waals surface area contributed by atoms with Crippen LogP contribution in [-0.4, -0.2) is 9.97 Å². The van der Waals surface area contributed by atoms with Crippen molar-refractivity contribution in [1.82, 2.24) is 9.97 Å². The zero-order chi connectivity index (χ0) is 11.4. The Balaban J connectivity index is 2.24. The first-order valence-corrected chi connectivity index (χ1v) is 5.36. The maximum Gasteiger partial charge on any atom is 0.133 e. The van der Waals surface area contributed by atoms with Crippen molar-refractivity contribution in [2.24, 2.45) is 0 Å². The molecule has 0 unspecified atom stereocenters. The second kappa shape index (κ2) is 4.90. The third-order valence-electron chi connectivity index (χ3n) is 2.07. The van der Waals surface area contributed by atoms with Gasteiger partial charge in [-0.15, -0.1) is 0 Å². The lowest BCUT2D eigenvalue weighted by molar-refractivity contribution is 1.04. The number of hydrogen-bond acceptors (Lipinski definition) is 2. The van der Waals surface area contributed by atoms with Gasteiger partial charge in [-0.3, -0.25) is 0 Å². The minimum absolute atomic E-state index is 0.472. The van der Waals surface area contributed by atoms with E-state index in [2.05, 4.69) is 9.97 Å². The van der Waals surface area contributed by atoms with Crippen molar-refractivity contribution in [3.8, 4) is 0 Å². The molecule has 1 heterocycles. The van der Waals surface area contributed by atoms with Crippen molar-refractivity contribution in [3.05, 3.63) is 58.6 Å². The smallest absolute Gasteiger partial charge is 0.133 e. The summed E-state index contributed by atoms with van der Waals surface area (Å²) in [6.07, 6.45) is 3.92. The zero-order valence-corrected chi connectivity index (χ0v) is 9.65. The molecular weight excluding hydrogens is 220 g/mol. The van der Waals surface area contributed by atoms with E-state index in [0.29, 0.717) is 11.0 Å². The molecule has 2 aromatic rings. The first kappa shape index (κ1) is 10.8. The summed E-state index contributed by atoms with van der Waals surface area (Å²) >= 11 is 5.85. The van der Waals surface area contributed by atoms with E-state index in [4.69, 9.17) is 11.6 Å². The fourth-order valence-corrected chi connectivity index (χ4v) is 1.62. The Kier molecular flexibility index (Phi) is 3.32. The van der Waals surface area contributed by atoms with Gasteiger partial charge in [0.1, 0.15) is 11.0 Å². The van der Waals surface area contributed by atoms with Crippen molar-refractivity contribution in [2.75, 3.05) is 0 Å². The monoisotopic (exact) mass is 230 g/mol. The highest BCUT2D eigenvalue weighted by Crippen LogP contribution is 2.10. The average molecular weight is 231 g/mol. The largest absolute Gasteiger partial charge is 0.234 e. The van der Waals surface area contributed by atoms with Crippen LogP contribution in [0.1, 0.15) is 17.1 Å². The van der Waals surface area contributed by atoms with Gasteiger partial charge in [0.05, 0.1) is 5.69 Å². The minimum Gasteiger partial charge on any atom is -0.234 e. The molecule has 0 amide bonds. The Morgan fingerprint density at radius 1 is 1.06 bits per heavy atom. The molecule has 3 heteroatoms. The Morgan fingerprint density at radius 3 is 2.50 bits per heavy atom. The fourth-order valence-electron chi connectivity index (χ4n) is 1.38. The van der Waals surface area contributed by atoms with Gasteiger partial charge in [0.25, 0.3) is 0 Å². The highest BCUT2D eigenvalue weighted by molar-refractivity contribution is 6.29. The fraction of sp³-hybridized carbons (Fsp3) is 0.0769. The molecule has 0 atom stereocenters. The summed E-state index contributed by atoms with van der Waals surface area (Å²) in [5.41, 5.74) is 1.95. The molecule has 80 valence electrons. The van der Waals surface area contributed by atoms with Gasteiger partial charge in [-0.1, -0.05) is 48.0 Å². The Labute approximate surface area is 99.6 Å². The standard InChI is InChI=1S/C13H11ClN2/c1-10-15-12(9-13(14)16-10)8-7-11-5-3-2-4-6-11/h2-9H,1H3/b8-7+. The lowest BCUT2D eigenvalue weighted by atomic mass is 10.2. The van der Waals surface area contributed by atoms with Gasteiger partial charge < -0.3 is 0 Å². The van der Waals surface area contributed by atoms with E-state index in [0.717, 1.165) is 11.3 Å². The van der Waals surface area contributed by atoms with Crippen molar-refractivity contribution < 1.29 is 0 Å². The second-order valence-corrected chi connectivity index (χ2v) is 3.79. The maximum absolute atomic E-state index is 5.85. The molecule has 0 N–H and O–H groups in total. The summed E-state index contributed by atoms with van der Waals surface area (Å²) in [7, 11) is 0. The number of halogens is 1. The highest BCUT2D eigenvalue weighted by Gasteiger charge is 1.95. The Morgan fingerprint density at radius 2 is 1.81 bits per heavy atom. The molecule has 1 aromatic carbocycles. The van der Waals surface area contributed by atoms with E-state index >= 15 is 0 Å². The van der Waals surface area contributed by atoms with E-state index in [1.165, 1.54) is 0 Å². The number of aryl methyl sites for hydroxylation is 1. The van der Waals surface area contributed by atoms with Crippen LogP contribution in [0.15, 0.2) is 36.4 Å². The van der Waals surface area contributed by atoms with Gasteiger partial charge in [-0.2, -0.15) is 0 Å². The van der Waals surface area contributed by atoms with Gasteiger partial charge in [0, 0.05) is 6.07 Å². The van der Waals surface area contributed by atoms with E-state index in [1.54, 1.807) is 6.07 Å². The molecular formula is C13H11ClN2. The van der Waals surface area contributed by atoms with Crippen molar-refractivity contribution in [3.63, 3.8) is 0 Å². The number of nitrogens with zero attached hydrogens (tertiary/aromatic N) is 2. The van der Waals surface area contributed by atoms with Crippen LogP contribution in [-0.2, 0) is 0 Å². The predicted molar refractivity (Wildman–Crippen MR) is 67.1 cm³/mol. The van der Waals surface area contributed by atoms with Gasteiger partial charge in [0.2, 0.25) is 0 Å². The first-order chi connectivity index (χ1) is 7.74. The molecule has 0 saturated carbocycles. The van der Waals surface area contributed by atoms with Gasteiger partial charge in [0.15, 0.2) is 0 Å². The van der Waals surface area contributed by atoms with Crippen LogP contribution in [0.4, 0.5) is 0 Å². The second-order valence-electron chi connectivity index (χ2n) is 3.41. The minimum atomic E-state index is 0.472. The van der Waals surface area contributed by atoms with Crippen LogP contribution < -0.4 is 0 Å². The van der Waals surface area contributed by atoms with E-state index < -0.39 is 0 Å². The Hall–Kier alpha value is -1.67. The van der Waals surface area contributed by atoms with Crippen molar-refractivity contribution in [1.29, 1.82) is 0 Å². The van der Waals surface area contributed by atoms with Crippen LogP contribution >= 0.6 is 11.6 Å². The third-order valence-corrected chi connectivity index (χ3v) is 2.27. The van der Waals surface area contributed by atoms with Crippen molar-refractivity contribution >= 4 is 23.8 Å². The van der Waals surface area contributed by atoms with Crippen LogP contribution in [0.2, 0.25) is 5.15 Å².